The Balaban J connectivity index is 0.00000780. The van der Waals surface area contributed by atoms with Crippen LogP contribution in [0, 0.1) is 0 Å². The number of para-hydroxylation sites is 4. The molecular formula is C60H76N6O5S2+2. The van der Waals surface area contributed by atoms with Gasteiger partial charge < -0.3 is 34.6 Å². The number of ketones is 1. The molecule has 0 bridgehead atoms. The highest BCUT2D eigenvalue weighted by molar-refractivity contribution is 8.04. The van der Waals surface area contributed by atoms with Gasteiger partial charge in [0.2, 0.25) is 16.9 Å². The molecule has 13 heteroatoms. The number of ether oxygens (including phenoxy) is 3. The van der Waals surface area contributed by atoms with Gasteiger partial charge in [-0.1, -0.05) is 79.5 Å². The van der Waals surface area contributed by atoms with Gasteiger partial charge >= 0.3 is 0 Å². The first-order valence-corrected chi connectivity index (χ1v) is 27.6. The lowest BCUT2D eigenvalue weighted by Gasteiger charge is -2.13. The van der Waals surface area contributed by atoms with Crippen LogP contribution < -0.4 is 29.6 Å². The summed E-state index contributed by atoms with van der Waals surface area (Å²) in [5.74, 6) is 0.368. The van der Waals surface area contributed by atoms with Gasteiger partial charge in [-0.25, -0.2) is 0 Å². The summed E-state index contributed by atoms with van der Waals surface area (Å²) in [4.78, 5) is 32.1. The molecule has 2 aliphatic heterocycles. The normalized spacial score (nSPS) is 14.1. The number of Topliss-reactive ketones (excluding diaryl/α,β-unsaturated/α-hetero) is 1. The van der Waals surface area contributed by atoms with E-state index in [2.05, 4.69) is 177 Å². The van der Waals surface area contributed by atoms with Crippen molar-refractivity contribution < 1.29 is 32.9 Å². The summed E-state index contributed by atoms with van der Waals surface area (Å²) in [6, 6.07) is 38.8. The number of amides is 1. The third-order valence-corrected chi connectivity index (χ3v) is 15.5. The number of fused-ring (bicyclic) bond motifs is 4. The minimum absolute atomic E-state index is 0. The zero-order valence-corrected chi connectivity index (χ0v) is 43.8. The SMILES string of the molecule is C.CN1C(=Cc2cc[n+](CCCCCC(=O)CNCCCOCCOCCOCCCNC(=O)CCCCC[n+]3ccc(C=C4Sc5ccccc5N4C)c4ccccc43)c3ccccc23)Sc2ccccc21. The largest absolute Gasteiger partial charge is 0.379 e. The van der Waals surface area contributed by atoms with E-state index < -0.39 is 0 Å². The summed E-state index contributed by atoms with van der Waals surface area (Å²) in [7, 11) is 4.27. The second kappa shape index (κ2) is 29.4. The number of nitrogens with zero attached hydrogens (tertiary/aromatic N) is 4. The molecule has 0 saturated carbocycles. The van der Waals surface area contributed by atoms with E-state index in [9.17, 15) is 9.59 Å². The van der Waals surface area contributed by atoms with Crippen molar-refractivity contribution in [1.29, 1.82) is 0 Å². The molecule has 2 N–H and O–H groups in total. The van der Waals surface area contributed by atoms with Crippen LogP contribution in [0.5, 0.6) is 0 Å². The number of anilines is 2. The maximum atomic E-state index is 12.5. The van der Waals surface area contributed by atoms with Crippen LogP contribution in [0.4, 0.5) is 11.4 Å². The number of hydrogen-bond donors (Lipinski definition) is 2. The van der Waals surface area contributed by atoms with Crippen LogP contribution in [0.25, 0.3) is 34.0 Å². The van der Waals surface area contributed by atoms with Crippen molar-refractivity contribution in [2.45, 2.75) is 94.5 Å². The molecule has 1 amide bonds. The quantitative estimate of drug-likeness (QED) is 0.0335. The number of hydrogen-bond acceptors (Lipinski definition) is 10. The summed E-state index contributed by atoms with van der Waals surface area (Å²) in [5, 5.41) is 11.3. The fraction of sp³-hybridized carbons (Fsp3) is 0.400. The van der Waals surface area contributed by atoms with Gasteiger partial charge in [-0.2, -0.15) is 9.13 Å². The molecule has 2 aromatic heterocycles. The minimum Gasteiger partial charge on any atom is -0.379 e. The molecule has 0 fully saturated rings. The van der Waals surface area contributed by atoms with Gasteiger partial charge in [0, 0.05) is 93.6 Å². The van der Waals surface area contributed by atoms with Crippen molar-refractivity contribution >= 4 is 80.5 Å². The topological polar surface area (TPSA) is 100 Å². The van der Waals surface area contributed by atoms with E-state index in [1.807, 2.05) is 23.5 Å². The van der Waals surface area contributed by atoms with Crippen LogP contribution in [0.15, 0.2) is 141 Å². The van der Waals surface area contributed by atoms with Crippen LogP contribution >= 0.6 is 23.5 Å². The fourth-order valence-electron chi connectivity index (χ4n) is 9.19. The van der Waals surface area contributed by atoms with Crippen molar-refractivity contribution in [3.63, 3.8) is 0 Å². The first kappa shape index (κ1) is 55.2. The highest BCUT2D eigenvalue weighted by atomic mass is 32.2. The Morgan fingerprint density at radius 3 is 1.53 bits per heavy atom. The number of rotatable bonds is 30. The molecule has 0 saturated heterocycles. The fourth-order valence-corrected chi connectivity index (χ4v) is 11.4. The maximum absolute atomic E-state index is 12.5. The Kier molecular flexibility index (Phi) is 22.2. The number of unbranched alkanes of at least 4 members (excludes halogenated alkanes) is 4. The summed E-state index contributed by atoms with van der Waals surface area (Å²) >= 11 is 3.63. The Morgan fingerprint density at radius 2 is 1.00 bits per heavy atom. The van der Waals surface area contributed by atoms with E-state index in [0.29, 0.717) is 65.6 Å². The standard InChI is InChI=1S/C59H71N6O5S2.CH4/c1-62-53-24-11-13-26-55(53)71-58(62)43-46-29-35-64(51-22-9-7-20-49(46)51)33-15-3-5-19-48(66)45-60-31-17-37-68-39-41-70-42-40-69-38-18-32-61-57(67)28-6-4-16-34-65-36-30-47(50-21-8-10-23-52(50)65)44-59-63(2)54-25-12-14-27-56(54)72-59;/h7-14,20-27,29-30,35-36,43-44,60H,3-6,15-19,28,31-34,37-42,45H2,1-2H3;1H4/q+1;/p+1. The molecule has 0 spiro atoms. The van der Waals surface area contributed by atoms with E-state index in [1.54, 1.807) is 0 Å². The van der Waals surface area contributed by atoms with Gasteiger partial charge in [-0.05, 0) is 105 Å². The lowest BCUT2D eigenvalue weighted by molar-refractivity contribution is -0.672. The van der Waals surface area contributed by atoms with Crippen LogP contribution in [0.1, 0.15) is 82.8 Å². The van der Waals surface area contributed by atoms with Crippen LogP contribution in [0.3, 0.4) is 0 Å². The molecule has 0 atom stereocenters. The van der Waals surface area contributed by atoms with Crippen molar-refractivity contribution in [1.82, 2.24) is 10.6 Å². The van der Waals surface area contributed by atoms with E-state index in [1.165, 1.54) is 64.2 Å². The predicted molar refractivity (Wildman–Crippen MR) is 302 cm³/mol. The molecule has 2 aliphatic rings. The Hall–Kier alpha value is -5.54. The lowest BCUT2D eigenvalue weighted by atomic mass is 10.1. The van der Waals surface area contributed by atoms with E-state index in [-0.39, 0.29) is 19.1 Å². The third kappa shape index (κ3) is 16.0. The summed E-state index contributed by atoms with van der Waals surface area (Å²) in [6.45, 7) is 6.90. The second-order valence-electron chi connectivity index (χ2n) is 18.4. The molecular weight excluding hydrogens is 949 g/mol. The molecule has 8 rings (SSSR count). The maximum Gasteiger partial charge on any atom is 0.219 e. The Labute approximate surface area is 442 Å². The third-order valence-electron chi connectivity index (χ3n) is 13.2. The number of thioether (sulfide) groups is 2. The van der Waals surface area contributed by atoms with Gasteiger partial charge in [-0.15, -0.1) is 0 Å². The molecule has 0 radical (unpaired) electrons. The summed E-state index contributed by atoms with van der Waals surface area (Å²) in [5.41, 5.74) is 7.40. The van der Waals surface area contributed by atoms with Gasteiger partial charge in [0.15, 0.2) is 12.4 Å². The van der Waals surface area contributed by atoms with Crippen molar-refractivity contribution in [3.8, 4) is 0 Å². The molecule has 0 aliphatic carbocycles. The number of aromatic nitrogens is 2. The van der Waals surface area contributed by atoms with Gasteiger partial charge in [0.25, 0.3) is 0 Å². The molecule has 0 unspecified atom stereocenters. The number of aryl methyl sites for hydroxylation is 2. The molecule has 386 valence electrons. The number of benzene rings is 4. The molecule has 73 heavy (non-hydrogen) atoms. The van der Waals surface area contributed by atoms with Crippen LogP contribution in [-0.4, -0.2) is 85.1 Å². The number of nitrogens with one attached hydrogen (secondary N) is 2. The van der Waals surface area contributed by atoms with Gasteiger partial charge in [0.05, 0.1) is 65.2 Å². The number of carbonyl (C=O) groups is 2. The highest BCUT2D eigenvalue weighted by Gasteiger charge is 2.24. The molecule has 6 aromatic rings. The van der Waals surface area contributed by atoms with Crippen molar-refractivity contribution in [3.05, 3.63) is 143 Å². The number of pyridine rings is 2. The van der Waals surface area contributed by atoms with Crippen molar-refractivity contribution in [2.75, 3.05) is 83.2 Å². The smallest absolute Gasteiger partial charge is 0.219 e. The Morgan fingerprint density at radius 1 is 0.534 bits per heavy atom. The van der Waals surface area contributed by atoms with Crippen molar-refractivity contribution in [2.24, 2.45) is 0 Å². The van der Waals surface area contributed by atoms with E-state index in [0.717, 1.165) is 71.0 Å². The average Bonchev–Trinajstić information content (AvgIpc) is 3.90. The summed E-state index contributed by atoms with van der Waals surface area (Å²) < 4.78 is 21.7. The van der Waals surface area contributed by atoms with Crippen LogP contribution in [-0.2, 0) is 36.9 Å². The van der Waals surface area contributed by atoms with Gasteiger partial charge in [-0.3, -0.25) is 9.59 Å². The first-order valence-electron chi connectivity index (χ1n) is 25.9. The number of carbonyl (C=O) groups excluding carboxylic acids is 2. The molecule has 11 nitrogen and oxygen atoms in total. The molecule has 4 aromatic carbocycles. The zero-order valence-electron chi connectivity index (χ0n) is 42.2. The zero-order chi connectivity index (χ0) is 49.7. The summed E-state index contributed by atoms with van der Waals surface area (Å²) in [6.07, 6.45) is 17.6. The van der Waals surface area contributed by atoms with Gasteiger partial charge in [0.1, 0.15) is 18.9 Å². The average molecular weight is 1030 g/mol. The Bertz CT molecular complexity index is 2610. The molecule has 4 heterocycles. The first-order chi connectivity index (χ1) is 35.4. The minimum atomic E-state index is 0. The monoisotopic (exact) mass is 1020 g/mol. The highest BCUT2D eigenvalue weighted by Crippen LogP contribution is 2.46. The van der Waals surface area contributed by atoms with E-state index >= 15 is 0 Å². The lowest BCUT2D eigenvalue weighted by Crippen LogP contribution is -2.34. The predicted octanol–water partition coefficient (Wildman–Crippen LogP) is 11.2. The van der Waals surface area contributed by atoms with E-state index in [4.69, 9.17) is 14.2 Å². The second-order valence-corrected chi connectivity index (χ2v) is 20.5. The van der Waals surface area contributed by atoms with Crippen LogP contribution in [0.2, 0.25) is 0 Å².